The van der Waals surface area contributed by atoms with E-state index in [1.54, 1.807) is 6.08 Å². The minimum atomic E-state index is 0.136. The summed E-state index contributed by atoms with van der Waals surface area (Å²) < 4.78 is 0.835. The van der Waals surface area contributed by atoms with Crippen molar-refractivity contribution >= 4 is 11.9 Å². The number of carbonyl (C=O) groups is 1. The van der Waals surface area contributed by atoms with E-state index >= 15 is 0 Å². The summed E-state index contributed by atoms with van der Waals surface area (Å²) in [5.74, 6) is 0.402. The molecule has 1 atom stereocenters. The molecule has 21 heavy (non-hydrogen) atoms. The summed E-state index contributed by atoms with van der Waals surface area (Å²) in [5, 5.41) is 0. The summed E-state index contributed by atoms with van der Waals surface area (Å²) in [7, 11) is 6.46. The number of benzene rings is 1. The van der Waals surface area contributed by atoms with Crippen molar-refractivity contribution in [3.63, 3.8) is 0 Å². The van der Waals surface area contributed by atoms with Gasteiger partial charge in [-0.2, -0.15) is 0 Å². The molecule has 0 radical (unpaired) electrons. The fraction of sp³-hybridized carbons (Fsp3) is 0.526. The Morgan fingerprint density at radius 3 is 2.38 bits per heavy atom. The van der Waals surface area contributed by atoms with Gasteiger partial charge in [0, 0.05) is 0 Å². The van der Waals surface area contributed by atoms with E-state index in [-0.39, 0.29) is 11.7 Å². The molecule has 0 aliphatic heterocycles. The highest BCUT2D eigenvalue weighted by molar-refractivity contribution is 5.95. The fourth-order valence-corrected chi connectivity index (χ4v) is 2.50. The first kappa shape index (κ1) is 17.6. The average molecular weight is 288 g/mol. The average Bonchev–Trinajstić information content (AvgIpc) is 2.44. The van der Waals surface area contributed by atoms with Crippen LogP contribution in [0.25, 0.3) is 6.08 Å². The van der Waals surface area contributed by atoms with Gasteiger partial charge in [0.2, 0.25) is 0 Å². The molecular formula is C19H30NO+. The van der Waals surface area contributed by atoms with E-state index in [0.29, 0.717) is 0 Å². The highest BCUT2D eigenvalue weighted by atomic mass is 16.1. The number of nitrogens with zero attached hydrogens (tertiary/aromatic N) is 1. The van der Waals surface area contributed by atoms with Gasteiger partial charge in [0.25, 0.3) is 0 Å². The van der Waals surface area contributed by atoms with Gasteiger partial charge in [-0.25, -0.2) is 0 Å². The number of hydrogen-bond acceptors (Lipinski definition) is 1. The molecule has 0 aromatic heterocycles. The van der Waals surface area contributed by atoms with Gasteiger partial charge < -0.3 is 4.48 Å². The van der Waals surface area contributed by atoms with Crippen LogP contribution in [-0.4, -0.2) is 38.0 Å². The molecule has 1 rings (SSSR count). The van der Waals surface area contributed by atoms with Crippen LogP contribution in [0.15, 0.2) is 36.4 Å². The molecule has 1 aromatic rings. The van der Waals surface area contributed by atoms with Gasteiger partial charge in [0.05, 0.1) is 33.6 Å². The number of hydrogen-bond donors (Lipinski definition) is 0. The molecule has 2 heteroatoms. The molecule has 0 saturated carbocycles. The molecule has 0 bridgehead atoms. The minimum Gasteiger partial charge on any atom is -0.330 e. The van der Waals surface area contributed by atoms with E-state index in [0.717, 1.165) is 29.4 Å². The molecule has 0 fully saturated rings. The van der Waals surface area contributed by atoms with Crippen molar-refractivity contribution in [3.05, 3.63) is 42.0 Å². The Morgan fingerprint density at radius 1 is 1.14 bits per heavy atom. The molecule has 0 aliphatic rings. The van der Waals surface area contributed by atoms with E-state index in [4.69, 9.17) is 0 Å². The molecule has 0 unspecified atom stereocenters. The van der Waals surface area contributed by atoms with Crippen molar-refractivity contribution in [2.45, 2.75) is 32.6 Å². The second-order valence-electron chi connectivity index (χ2n) is 6.81. The van der Waals surface area contributed by atoms with Gasteiger partial charge in [0.1, 0.15) is 0 Å². The monoisotopic (exact) mass is 288 g/mol. The SMILES string of the molecule is CCCCC[C@H](C[N+](C)(C)C)C(=O)/C=C/c1ccccc1. The summed E-state index contributed by atoms with van der Waals surface area (Å²) in [6.07, 6.45) is 8.26. The molecule has 2 nitrogen and oxygen atoms in total. The zero-order valence-electron chi connectivity index (χ0n) is 14.0. The van der Waals surface area contributed by atoms with Crippen LogP contribution in [0.3, 0.4) is 0 Å². The lowest BCUT2D eigenvalue weighted by Crippen LogP contribution is -2.41. The number of rotatable bonds is 9. The molecule has 0 spiro atoms. The minimum absolute atomic E-state index is 0.136. The van der Waals surface area contributed by atoms with E-state index in [9.17, 15) is 4.79 Å². The molecule has 0 heterocycles. The third-order valence-corrected chi connectivity index (χ3v) is 3.57. The van der Waals surface area contributed by atoms with Gasteiger partial charge in [-0.3, -0.25) is 4.79 Å². The Hall–Kier alpha value is -1.41. The van der Waals surface area contributed by atoms with E-state index in [2.05, 4.69) is 28.1 Å². The highest BCUT2D eigenvalue weighted by Crippen LogP contribution is 2.16. The van der Waals surface area contributed by atoms with Gasteiger partial charge in [0.15, 0.2) is 5.78 Å². The summed E-state index contributed by atoms with van der Waals surface area (Å²) in [6, 6.07) is 10.0. The summed E-state index contributed by atoms with van der Waals surface area (Å²) in [4.78, 5) is 12.5. The van der Waals surface area contributed by atoms with Gasteiger partial charge in [-0.1, -0.05) is 62.6 Å². The number of quaternary nitrogens is 1. The second-order valence-corrected chi connectivity index (χ2v) is 6.81. The maximum atomic E-state index is 12.5. The number of ketones is 1. The van der Waals surface area contributed by atoms with E-state index in [1.807, 2.05) is 36.4 Å². The number of unbranched alkanes of at least 4 members (excludes halogenated alkanes) is 2. The first-order valence-electron chi connectivity index (χ1n) is 8.00. The van der Waals surface area contributed by atoms with Crippen LogP contribution < -0.4 is 0 Å². The van der Waals surface area contributed by atoms with Crippen molar-refractivity contribution in [2.24, 2.45) is 5.92 Å². The zero-order valence-corrected chi connectivity index (χ0v) is 14.0. The fourth-order valence-electron chi connectivity index (χ4n) is 2.50. The van der Waals surface area contributed by atoms with Crippen molar-refractivity contribution in [2.75, 3.05) is 27.7 Å². The predicted molar refractivity (Wildman–Crippen MR) is 91.0 cm³/mol. The van der Waals surface area contributed by atoms with Crippen LogP contribution in [0.5, 0.6) is 0 Å². The maximum Gasteiger partial charge on any atom is 0.164 e. The lowest BCUT2D eigenvalue weighted by atomic mass is 9.95. The first-order valence-corrected chi connectivity index (χ1v) is 8.00. The third kappa shape index (κ3) is 7.81. The Balaban J connectivity index is 2.67. The summed E-state index contributed by atoms with van der Waals surface area (Å²) in [5.41, 5.74) is 1.09. The van der Waals surface area contributed by atoms with E-state index in [1.165, 1.54) is 12.8 Å². The molecular weight excluding hydrogens is 258 g/mol. The van der Waals surface area contributed by atoms with Crippen LogP contribution >= 0.6 is 0 Å². The van der Waals surface area contributed by atoms with Gasteiger partial charge in [-0.15, -0.1) is 0 Å². The highest BCUT2D eigenvalue weighted by Gasteiger charge is 2.22. The van der Waals surface area contributed by atoms with Crippen LogP contribution in [0.2, 0.25) is 0 Å². The van der Waals surface area contributed by atoms with Crippen LogP contribution in [-0.2, 0) is 4.79 Å². The normalized spacial score (nSPS) is 13.5. The number of carbonyl (C=O) groups excluding carboxylic acids is 1. The molecule has 0 N–H and O–H groups in total. The summed E-state index contributed by atoms with van der Waals surface area (Å²) in [6.45, 7) is 3.10. The van der Waals surface area contributed by atoms with E-state index < -0.39 is 0 Å². The van der Waals surface area contributed by atoms with Gasteiger partial charge in [-0.05, 0) is 18.1 Å². The summed E-state index contributed by atoms with van der Waals surface area (Å²) >= 11 is 0. The Bertz CT molecular complexity index is 442. The maximum absolute atomic E-state index is 12.5. The Labute approximate surface area is 130 Å². The molecule has 116 valence electrons. The van der Waals surface area contributed by atoms with Crippen molar-refractivity contribution in [1.82, 2.24) is 0 Å². The first-order chi connectivity index (χ1) is 9.92. The molecule has 0 amide bonds. The van der Waals surface area contributed by atoms with Crippen LogP contribution in [0.1, 0.15) is 38.2 Å². The Kier molecular flexibility index (Phi) is 7.38. The lowest BCUT2D eigenvalue weighted by Gasteiger charge is -2.28. The zero-order chi connectivity index (χ0) is 15.7. The van der Waals surface area contributed by atoms with Gasteiger partial charge >= 0.3 is 0 Å². The smallest absolute Gasteiger partial charge is 0.164 e. The second kappa shape index (κ2) is 8.78. The quantitative estimate of drug-likeness (QED) is 0.378. The topological polar surface area (TPSA) is 17.1 Å². The lowest BCUT2D eigenvalue weighted by molar-refractivity contribution is -0.872. The van der Waals surface area contributed by atoms with Crippen molar-refractivity contribution in [3.8, 4) is 0 Å². The van der Waals surface area contributed by atoms with Crippen molar-refractivity contribution < 1.29 is 9.28 Å². The molecule has 1 aromatic carbocycles. The molecule has 0 saturated heterocycles. The predicted octanol–water partition coefficient (Wildman–Crippen LogP) is 4.17. The number of allylic oxidation sites excluding steroid dienone is 1. The van der Waals surface area contributed by atoms with Crippen LogP contribution in [0, 0.1) is 5.92 Å². The third-order valence-electron chi connectivity index (χ3n) is 3.57. The Morgan fingerprint density at radius 2 is 1.81 bits per heavy atom. The largest absolute Gasteiger partial charge is 0.330 e. The standard InChI is InChI=1S/C19H30NO/c1-5-6-8-13-18(16-20(2,3)4)19(21)15-14-17-11-9-7-10-12-17/h7,9-12,14-15,18H,5-6,8,13,16H2,1-4H3/q+1/b15-14+/t18-/m1/s1. The van der Waals surface area contributed by atoms with Crippen LogP contribution in [0.4, 0.5) is 0 Å². The van der Waals surface area contributed by atoms with Crippen molar-refractivity contribution in [1.29, 1.82) is 0 Å². The molecule has 0 aliphatic carbocycles.